The van der Waals surface area contributed by atoms with Crippen molar-refractivity contribution >= 4 is 24.0 Å². The molecule has 27 heavy (non-hydrogen) atoms. The van der Waals surface area contributed by atoms with E-state index in [1.54, 1.807) is 0 Å². The fourth-order valence-electron chi connectivity index (χ4n) is 2.47. The molecular weight excluding hydrogens is 357 g/mol. The fraction of sp³-hybridized carbons (Fsp3) is 0.222. The number of carbonyl (C=O) groups is 3. The number of benzene rings is 1. The maximum Gasteiger partial charge on any atom is 0.414 e. The second kappa shape index (κ2) is 7.81. The number of amides is 2. The first-order valence-electron chi connectivity index (χ1n) is 8.07. The number of halogens is 1. The Morgan fingerprint density at radius 1 is 1.44 bits per heavy atom. The summed E-state index contributed by atoms with van der Waals surface area (Å²) in [4.78, 5) is 38.7. The molecule has 0 bridgehead atoms. The first-order valence-corrected chi connectivity index (χ1v) is 8.07. The molecule has 3 rings (SSSR count). The lowest BCUT2D eigenvalue weighted by Crippen LogP contribution is -2.33. The number of nitrogens with one attached hydrogen (secondary N) is 1. The van der Waals surface area contributed by atoms with Crippen LogP contribution in [0.25, 0.3) is 0 Å². The monoisotopic (exact) mass is 373 g/mol. The number of rotatable bonds is 6. The molecule has 1 N–H and O–H groups in total. The van der Waals surface area contributed by atoms with Crippen molar-refractivity contribution in [2.75, 3.05) is 18.0 Å². The number of aldehydes is 1. The molecule has 9 heteroatoms. The summed E-state index contributed by atoms with van der Waals surface area (Å²) in [5.41, 5.74) is 0.680. The molecule has 1 fully saturated rings. The van der Waals surface area contributed by atoms with Gasteiger partial charge in [0.05, 0.1) is 18.8 Å². The Kier molecular flexibility index (Phi) is 5.30. The summed E-state index contributed by atoms with van der Waals surface area (Å²) < 4.78 is 24.9. The maximum absolute atomic E-state index is 14.4. The zero-order valence-electron chi connectivity index (χ0n) is 14.3. The fourth-order valence-corrected chi connectivity index (χ4v) is 2.47. The minimum atomic E-state index is -0.688. The van der Waals surface area contributed by atoms with Crippen LogP contribution < -0.4 is 15.0 Å². The SMILES string of the molecule is CC(=O)NCC1CN(c2ccc(Oc3ccc(C=O)cn3)c(F)c2)C(=O)O1. The van der Waals surface area contributed by atoms with Crippen LogP contribution in [0.15, 0.2) is 36.5 Å². The average molecular weight is 373 g/mol. The van der Waals surface area contributed by atoms with Crippen LogP contribution in [0.5, 0.6) is 11.6 Å². The van der Waals surface area contributed by atoms with Gasteiger partial charge in [-0.3, -0.25) is 14.5 Å². The van der Waals surface area contributed by atoms with Crippen LogP contribution >= 0.6 is 0 Å². The van der Waals surface area contributed by atoms with Gasteiger partial charge in [-0.1, -0.05) is 0 Å². The highest BCUT2D eigenvalue weighted by atomic mass is 19.1. The zero-order valence-corrected chi connectivity index (χ0v) is 14.3. The summed E-state index contributed by atoms with van der Waals surface area (Å²) in [6.07, 6.45) is 0.815. The van der Waals surface area contributed by atoms with Gasteiger partial charge >= 0.3 is 6.09 Å². The first-order chi connectivity index (χ1) is 13.0. The van der Waals surface area contributed by atoms with Crippen LogP contribution in [0.4, 0.5) is 14.9 Å². The largest absolute Gasteiger partial charge is 0.442 e. The van der Waals surface area contributed by atoms with Crippen molar-refractivity contribution in [1.82, 2.24) is 10.3 Å². The lowest BCUT2D eigenvalue weighted by Gasteiger charge is -2.14. The third-order valence-electron chi connectivity index (χ3n) is 3.79. The van der Waals surface area contributed by atoms with Gasteiger partial charge in [-0.25, -0.2) is 14.2 Å². The van der Waals surface area contributed by atoms with E-state index in [1.807, 2.05) is 0 Å². The number of ether oxygens (including phenoxy) is 2. The van der Waals surface area contributed by atoms with Crippen molar-refractivity contribution in [2.24, 2.45) is 0 Å². The standard InChI is InChI=1S/C18H16FN3O5/c1-11(24)20-8-14-9-22(18(25)26-14)13-3-4-16(15(19)6-13)27-17-5-2-12(10-23)7-21-17/h2-7,10,14H,8-9H2,1H3,(H,20,24). The van der Waals surface area contributed by atoms with Crippen LogP contribution in [0.1, 0.15) is 17.3 Å². The summed E-state index contributed by atoms with van der Waals surface area (Å²) in [5, 5.41) is 2.57. The molecule has 1 unspecified atom stereocenters. The highest BCUT2D eigenvalue weighted by Gasteiger charge is 2.32. The van der Waals surface area contributed by atoms with Gasteiger partial charge in [-0.05, 0) is 18.2 Å². The van der Waals surface area contributed by atoms with E-state index < -0.39 is 18.0 Å². The van der Waals surface area contributed by atoms with Crippen molar-refractivity contribution in [3.05, 3.63) is 47.9 Å². The van der Waals surface area contributed by atoms with Gasteiger partial charge in [-0.15, -0.1) is 0 Å². The second-order valence-electron chi connectivity index (χ2n) is 5.82. The highest BCUT2D eigenvalue weighted by Crippen LogP contribution is 2.29. The zero-order chi connectivity index (χ0) is 19.4. The third kappa shape index (κ3) is 4.38. The molecule has 1 aliphatic heterocycles. The molecule has 0 saturated carbocycles. The van der Waals surface area contributed by atoms with Crippen LogP contribution in [0, 0.1) is 5.82 Å². The molecule has 0 spiro atoms. The summed E-state index contributed by atoms with van der Waals surface area (Å²) in [6.45, 7) is 1.74. The minimum Gasteiger partial charge on any atom is -0.442 e. The third-order valence-corrected chi connectivity index (χ3v) is 3.79. The molecule has 1 atom stereocenters. The van der Waals surface area contributed by atoms with Crippen LogP contribution in [-0.4, -0.2) is 42.5 Å². The molecule has 2 amide bonds. The van der Waals surface area contributed by atoms with Crippen LogP contribution in [0.2, 0.25) is 0 Å². The lowest BCUT2D eigenvalue weighted by atomic mass is 10.2. The Bertz CT molecular complexity index is 872. The topological polar surface area (TPSA) is 97.8 Å². The van der Waals surface area contributed by atoms with Crippen molar-refractivity contribution in [3.63, 3.8) is 0 Å². The number of cyclic esters (lactones) is 1. The van der Waals surface area contributed by atoms with Gasteiger partial charge in [0.2, 0.25) is 11.8 Å². The van der Waals surface area contributed by atoms with E-state index in [1.165, 1.54) is 42.3 Å². The Morgan fingerprint density at radius 2 is 2.26 bits per heavy atom. The van der Waals surface area contributed by atoms with Gasteiger partial charge in [0.25, 0.3) is 0 Å². The normalized spacial score (nSPS) is 16.0. The van der Waals surface area contributed by atoms with Crippen molar-refractivity contribution in [2.45, 2.75) is 13.0 Å². The number of carbonyl (C=O) groups excluding carboxylic acids is 3. The number of nitrogens with zero attached hydrogens (tertiary/aromatic N) is 2. The predicted molar refractivity (Wildman–Crippen MR) is 92.4 cm³/mol. The Hall–Kier alpha value is -3.49. The smallest absolute Gasteiger partial charge is 0.414 e. The Labute approximate surface area is 153 Å². The van der Waals surface area contributed by atoms with Gasteiger partial charge < -0.3 is 14.8 Å². The van der Waals surface area contributed by atoms with E-state index >= 15 is 0 Å². The van der Waals surface area contributed by atoms with Crippen molar-refractivity contribution < 1.29 is 28.2 Å². The molecule has 8 nitrogen and oxygen atoms in total. The molecule has 0 radical (unpaired) electrons. The van der Waals surface area contributed by atoms with Crippen LogP contribution in [0.3, 0.4) is 0 Å². The molecule has 1 aromatic carbocycles. The molecule has 140 valence electrons. The van der Waals surface area contributed by atoms with E-state index in [-0.39, 0.29) is 30.6 Å². The van der Waals surface area contributed by atoms with E-state index in [4.69, 9.17) is 9.47 Å². The molecule has 2 heterocycles. The molecule has 1 saturated heterocycles. The van der Waals surface area contributed by atoms with Crippen LogP contribution in [-0.2, 0) is 9.53 Å². The first kappa shape index (κ1) is 18.3. The van der Waals surface area contributed by atoms with E-state index in [0.29, 0.717) is 17.5 Å². The quantitative estimate of drug-likeness (QED) is 0.780. The molecule has 1 aliphatic rings. The summed E-state index contributed by atoms with van der Waals surface area (Å²) >= 11 is 0. The highest BCUT2D eigenvalue weighted by molar-refractivity contribution is 5.90. The Morgan fingerprint density at radius 3 is 2.89 bits per heavy atom. The molecule has 1 aromatic heterocycles. The van der Waals surface area contributed by atoms with Gasteiger partial charge in [-0.2, -0.15) is 0 Å². The van der Waals surface area contributed by atoms with Gasteiger partial charge in [0.15, 0.2) is 17.9 Å². The predicted octanol–water partition coefficient (Wildman–Crippen LogP) is 2.29. The number of hydrogen-bond donors (Lipinski definition) is 1. The maximum atomic E-state index is 14.4. The minimum absolute atomic E-state index is 0.0764. The Balaban J connectivity index is 1.69. The molecular formula is C18H16FN3O5. The summed E-state index contributed by atoms with van der Waals surface area (Å²) in [5.74, 6) is -0.866. The van der Waals surface area contributed by atoms with Crippen molar-refractivity contribution in [3.8, 4) is 11.6 Å². The summed E-state index contributed by atoms with van der Waals surface area (Å²) in [6, 6.07) is 6.98. The van der Waals surface area contributed by atoms with E-state index in [0.717, 1.165) is 6.07 Å². The van der Waals surface area contributed by atoms with E-state index in [2.05, 4.69) is 10.3 Å². The number of anilines is 1. The lowest BCUT2D eigenvalue weighted by molar-refractivity contribution is -0.119. The van der Waals surface area contributed by atoms with Gasteiger partial charge in [0, 0.05) is 30.8 Å². The van der Waals surface area contributed by atoms with E-state index in [9.17, 15) is 18.8 Å². The van der Waals surface area contributed by atoms with Crippen molar-refractivity contribution in [1.29, 1.82) is 0 Å². The number of aromatic nitrogens is 1. The number of hydrogen-bond acceptors (Lipinski definition) is 6. The second-order valence-corrected chi connectivity index (χ2v) is 5.82. The van der Waals surface area contributed by atoms with Gasteiger partial charge in [0.1, 0.15) is 6.10 Å². The average Bonchev–Trinajstić information content (AvgIpc) is 3.03. The molecule has 0 aliphatic carbocycles. The number of pyridine rings is 1. The summed E-state index contributed by atoms with van der Waals surface area (Å²) in [7, 11) is 0. The molecule has 2 aromatic rings.